The second-order valence-corrected chi connectivity index (χ2v) is 11.3. The van der Waals surface area contributed by atoms with Crippen molar-refractivity contribution in [3.05, 3.63) is 57.8 Å². The molecule has 4 aliphatic heterocycles. The number of aliphatic hydroxyl groups is 1. The molecule has 5 heterocycles. The third-order valence-electron chi connectivity index (χ3n) is 8.31. The summed E-state index contributed by atoms with van der Waals surface area (Å²) >= 11 is 0. The normalized spacial score (nSPS) is 29.1. The highest BCUT2D eigenvalue weighted by Gasteiger charge is 2.65. The minimum Gasteiger partial charge on any atom is -0.492 e. The Morgan fingerprint density at radius 1 is 1.24 bits per heavy atom. The van der Waals surface area contributed by atoms with Gasteiger partial charge in [0.2, 0.25) is 0 Å². The van der Waals surface area contributed by atoms with E-state index in [0.29, 0.717) is 17.9 Å². The molecule has 15 nitrogen and oxygen atoms in total. The van der Waals surface area contributed by atoms with Crippen LogP contribution in [0.5, 0.6) is 5.75 Å². The van der Waals surface area contributed by atoms with Gasteiger partial charge in [-0.2, -0.15) is 0 Å². The van der Waals surface area contributed by atoms with Gasteiger partial charge in [-0.1, -0.05) is 26.0 Å². The van der Waals surface area contributed by atoms with Crippen molar-refractivity contribution in [1.29, 1.82) is 0 Å². The molecule has 41 heavy (non-hydrogen) atoms. The summed E-state index contributed by atoms with van der Waals surface area (Å²) in [6.45, 7) is 4.85. The molecule has 1 fully saturated rings. The number of rotatable bonds is 5. The SMILES string of the molecule is CC1(C)CCOc2c(C(=O)NC3CN4C(N)=N[C@@H](CNC(=O)c5c[nH]c(=O)cn5)C5N=C(N)NC54[C@@H]3O)cccc21. The van der Waals surface area contributed by atoms with Crippen LogP contribution in [0.4, 0.5) is 0 Å². The topological polar surface area (TPSA) is 225 Å². The van der Waals surface area contributed by atoms with Crippen molar-refractivity contribution in [2.45, 2.75) is 55.6 Å². The van der Waals surface area contributed by atoms with Crippen molar-refractivity contribution < 1.29 is 19.4 Å². The molecule has 216 valence electrons. The Hall–Kier alpha value is -4.66. The Kier molecular flexibility index (Phi) is 6.13. The van der Waals surface area contributed by atoms with Gasteiger partial charge < -0.3 is 47.1 Å². The maximum atomic E-state index is 13.5. The number of H-pyrrole nitrogens is 1. The number of amides is 2. The molecule has 0 aliphatic carbocycles. The van der Waals surface area contributed by atoms with E-state index in [1.807, 2.05) is 12.1 Å². The number of ether oxygens (including phenoxy) is 1. The lowest BCUT2D eigenvalue weighted by Crippen LogP contribution is -2.73. The van der Waals surface area contributed by atoms with Gasteiger partial charge in [-0.3, -0.25) is 14.4 Å². The number of benzene rings is 1. The highest BCUT2D eigenvalue weighted by molar-refractivity contribution is 5.98. The van der Waals surface area contributed by atoms with Crippen LogP contribution in [-0.4, -0.2) is 93.3 Å². The first kappa shape index (κ1) is 26.6. The number of nitrogens with two attached hydrogens (primary N) is 2. The van der Waals surface area contributed by atoms with Gasteiger partial charge >= 0.3 is 0 Å². The number of fused-ring (bicyclic) bond motifs is 1. The lowest BCUT2D eigenvalue weighted by Gasteiger charge is -2.46. The lowest BCUT2D eigenvalue weighted by atomic mass is 9.79. The second kappa shape index (κ2) is 9.47. The Morgan fingerprint density at radius 2 is 2.05 bits per heavy atom. The van der Waals surface area contributed by atoms with Crippen molar-refractivity contribution in [2.24, 2.45) is 21.5 Å². The van der Waals surface area contributed by atoms with Crippen LogP contribution < -0.4 is 37.7 Å². The monoisotopic (exact) mass is 564 g/mol. The van der Waals surface area contributed by atoms with E-state index in [-0.39, 0.29) is 36.1 Å². The van der Waals surface area contributed by atoms with E-state index in [1.54, 1.807) is 11.0 Å². The molecule has 2 aromatic rings. The number of aromatic nitrogens is 2. The molecule has 0 bridgehead atoms. The van der Waals surface area contributed by atoms with Gasteiger partial charge in [-0.05, 0) is 17.9 Å². The molecule has 1 saturated heterocycles. The third-order valence-corrected chi connectivity index (χ3v) is 8.31. The smallest absolute Gasteiger partial charge is 0.271 e. The van der Waals surface area contributed by atoms with Crippen LogP contribution in [0.3, 0.4) is 0 Å². The van der Waals surface area contributed by atoms with E-state index < -0.39 is 47.3 Å². The van der Waals surface area contributed by atoms with Crippen LogP contribution in [0.15, 0.2) is 45.4 Å². The standard InChI is InChI=1S/C26H32N10O5/c1-25(2)6-7-41-18-12(4-3-5-13(18)25)21(39)32-16-11-36-24(28)33-14(19-26(36,20(16)38)35-23(27)34-19)8-31-22(40)15-9-30-17(37)10-29-15/h3-5,9-10,14,16,19-20,38H,6-8,11H2,1-2H3,(H2,28,33)(H,30,37)(H,31,40)(H,32,39)(H3,27,34,35)/t14-,16?,19?,20+,26?/m0/s1. The number of nitrogens with one attached hydrogen (secondary N) is 4. The van der Waals surface area contributed by atoms with E-state index in [0.717, 1.165) is 18.2 Å². The van der Waals surface area contributed by atoms with E-state index in [1.165, 1.54) is 6.20 Å². The molecule has 3 unspecified atom stereocenters. The summed E-state index contributed by atoms with van der Waals surface area (Å²) in [4.78, 5) is 54.3. The van der Waals surface area contributed by atoms with Crippen LogP contribution in [0, 0.1) is 0 Å². The predicted octanol–water partition coefficient (Wildman–Crippen LogP) is -2.29. The molecule has 5 atom stereocenters. The van der Waals surface area contributed by atoms with Gasteiger partial charge in [0.05, 0.1) is 30.5 Å². The fourth-order valence-electron chi connectivity index (χ4n) is 6.15. The average molecular weight is 565 g/mol. The maximum absolute atomic E-state index is 13.5. The molecule has 6 rings (SSSR count). The van der Waals surface area contributed by atoms with Gasteiger partial charge in [0.15, 0.2) is 17.6 Å². The Balaban J connectivity index is 1.23. The zero-order valence-corrected chi connectivity index (χ0v) is 22.5. The number of aromatic amines is 1. The molecular formula is C26H32N10O5. The minimum absolute atomic E-state index is 0.00786. The number of carbonyl (C=O) groups is 2. The zero-order chi connectivity index (χ0) is 29.1. The fourth-order valence-corrected chi connectivity index (χ4v) is 6.15. The number of aliphatic hydroxyl groups excluding tert-OH is 1. The number of nitrogens with zero attached hydrogens (tertiary/aromatic N) is 4. The van der Waals surface area contributed by atoms with Crippen LogP contribution in [0.25, 0.3) is 0 Å². The fraction of sp³-hybridized carbons (Fsp3) is 0.462. The zero-order valence-electron chi connectivity index (χ0n) is 22.5. The first-order chi connectivity index (χ1) is 19.5. The Morgan fingerprint density at radius 3 is 2.80 bits per heavy atom. The van der Waals surface area contributed by atoms with Gasteiger partial charge in [0.1, 0.15) is 23.6 Å². The number of carbonyl (C=O) groups excluding carboxylic acids is 2. The van der Waals surface area contributed by atoms with Crippen LogP contribution in [-0.2, 0) is 5.41 Å². The van der Waals surface area contributed by atoms with Crippen molar-refractivity contribution in [3.8, 4) is 5.75 Å². The highest BCUT2D eigenvalue weighted by atomic mass is 16.5. The van der Waals surface area contributed by atoms with E-state index in [9.17, 15) is 19.5 Å². The molecule has 2 amide bonds. The molecule has 1 spiro atoms. The Bertz CT molecular complexity index is 1520. The average Bonchev–Trinajstić information content (AvgIpc) is 3.43. The Labute approximate surface area is 234 Å². The lowest BCUT2D eigenvalue weighted by molar-refractivity contribution is 0.0143. The first-order valence-corrected chi connectivity index (χ1v) is 13.3. The molecule has 0 radical (unpaired) electrons. The van der Waals surface area contributed by atoms with Crippen LogP contribution >= 0.6 is 0 Å². The number of hydrogen-bond acceptors (Lipinski definition) is 12. The summed E-state index contributed by atoms with van der Waals surface area (Å²) in [5, 5.41) is 20.4. The van der Waals surface area contributed by atoms with E-state index in [2.05, 4.69) is 49.8 Å². The molecule has 1 aromatic heterocycles. The van der Waals surface area contributed by atoms with Crippen molar-refractivity contribution in [1.82, 2.24) is 30.8 Å². The van der Waals surface area contributed by atoms with E-state index in [4.69, 9.17) is 16.2 Å². The van der Waals surface area contributed by atoms with Crippen molar-refractivity contribution in [2.75, 3.05) is 19.7 Å². The van der Waals surface area contributed by atoms with Gasteiger partial charge in [0, 0.05) is 24.8 Å². The highest BCUT2D eigenvalue weighted by Crippen LogP contribution is 2.42. The maximum Gasteiger partial charge on any atom is 0.271 e. The van der Waals surface area contributed by atoms with Gasteiger partial charge in [-0.25, -0.2) is 15.0 Å². The summed E-state index contributed by atoms with van der Waals surface area (Å²) in [6.07, 6.45) is 1.84. The molecule has 15 heteroatoms. The van der Waals surface area contributed by atoms with Gasteiger partial charge in [0.25, 0.3) is 17.4 Å². The summed E-state index contributed by atoms with van der Waals surface area (Å²) in [6, 6.07) is 3.28. The number of aliphatic imine (C=N–C) groups is 2. The predicted molar refractivity (Wildman–Crippen MR) is 147 cm³/mol. The summed E-state index contributed by atoms with van der Waals surface area (Å²) in [7, 11) is 0. The molecule has 4 aliphatic rings. The number of para-hydroxylation sites is 1. The largest absolute Gasteiger partial charge is 0.492 e. The van der Waals surface area contributed by atoms with Crippen LogP contribution in [0.2, 0.25) is 0 Å². The third kappa shape index (κ3) is 4.23. The number of guanidine groups is 2. The number of hydrogen-bond donors (Lipinski definition) is 7. The molecule has 0 saturated carbocycles. The first-order valence-electron chi connectivity index (χ1n) is 13.3. The molecular weight excluding hydrogens is 532 g/mol. The van der Waals surface area contributed by atoms with Crippen molar-refractivity contribution in [3.63, 3.8) is 0 Å². The quantitative estimate of drug-likeness (QED) is 0.206. The summed E-state index contributed by atoms with van der Waals surface area (Å²) < 4.78 is 5.92. The summed E-state index contributed by atoms with van der Waals surface area (Å²) in [5.74, 6) is -0.220. The minimum atomic E-state index is -1.30. The van der Waals surface area contributed by atoms with Gasteiger partial charge in [-0.15, -0.1) is 0 Å². The second-order valence-electron chi connectivity index (χ2n) is 11.3. The molecule has 1 aromatic carbocycles. The van der Waals surface area contributed by atoms with Crippen molar-refractivity contribution >= 4 is 23.7 Å². The van der Waals surface area contributed by atoms with E-state index >= 15 is 0 Å². The molecule has 9 N–H and O–H groups in total. The van der Waals surface area contributed by atoms with Crippen LogP contribution in [0.1, 0.15) is 46.7 Å². The summed E-state index contributed by atoms with van der Waals surface area (Å²) in [5.41, 5.74) is 11.9.